The molecule has 0 spiro atoms. The second-order valence-corrected chi connectivity index (χ2v) is 4.75. The van der Waals surface area contributed by atoms with Crippen LogP contribution in [0.15, 0.2) is 0 Å². The second-order valence-electron chi connectivity index (χ2n) is 4.75. The third-order valence-corrected chi connectivity index (χ3v) is 3.97. The zero-order chi connectivity index (χ0) is 9.97. The van der Waals surface area contributed by atoms with Gasteiger partial charge in [-0.25, -0.2) is 0 Å². The molecule has 0 bridgehead atoms. The van der Waals surface area contributed by atoms with Gasteiger partial charge in [0.15, 0.2) is 0 Å². The summed E-state index contributed by atoms with van der Waals surface area (Å²) in [6.45, 7) is 2.90. The Bertz CT molecular complexity index is 181. The Kier molecular flexibility index (Phi) is 3.45. The minimum atomic E-state index is -0.0444. The van der Waals surface area contributed by atoms with Crippen LogP contribution in [-0.4, -0.2) is 23.9 Å². The number of rotatable bonds is 2. The third kappa shape index (κ3) is 1.96. The molecule has 0 unspecified atom stereocenters. The topological polar surface area (TPSA) is 29.5 Å². The average Bonchev–Trinajstić information content (AvgIpc) is 2.23. The lowest BCUT2D eigenvalue weighted by Gasteiger charge is -2.43. The molecule has 2 aliphatic rings. The van der Waals surface area contributed by atoms with Crippen LogP contribution in [0.4, 0.5) is 0 Å². The molecule has 1 N–H and O–H groups in total. The molecule has 0 amide bonds. The fraction of sp³-hybridized carbons (Fsp3) is 1.00. The summed E-state index contributed by atoms with van der Waals surface area (Å²) in [4.78, 5) is 0. The van der Waals surface area contributed by atoms with Gasteiger partial charge in [-0.3, -0.25) is 0 Å². The van der Waals surface area contributed by atoms with Crippen LogP contribution in [0.2, 0.25) is 0 Å². The van der Waals surface area contributed by atoms with Gasteiger partial charge in [0.25, 0.3) is 0 Å². The maximum absolute atomic E-state index is 9.93. The van der Waals surface area contributed by atoms with Gasteiger partial charge >= 0.3 is 0 Å². The lowest BCUT2D eigenvalue weighted by atomic mass is 9.68. The minimum absolute atomic E-state index is 0.0444. The lowest BCUT2D eigenvalue weighted by molar-refractivity contribution is -0.0892. The standard InChI is InChI=1S/C12H22O2/c1-2-14-12-8-7-11(13)9-5-3-4-6-10(9)12/h9-13H,2-8H2,1H3/t9-,10-,11+,12-/m1/s1. The molecule has 2 heteroatoms. The highest BCUT2D eigenvalue weighted by molar-refractivity contribution is 4.90. The fourth-order valence-electron chi connectivity index (χ4n) is 3.31. The van der Waals surface area contributed by atoms with Crippen molar-refractivity contribution in [1.29, 1.82) is 0 Å². The van der Waals surface area contributed by atoms with E-state index in [9.17, 15) is 5.11 Å². The molecule has 0 aromatic heterocycles. The predicted octanol–water partition coefficient (Wildman–Crippen LogP) is 2.35. The maximum Gasteiger partial charge on any atom is 0.0607 e. The van der Waals surface area contributed by atoms with E-state index in [1.54, 1.807) is 0 Å². The highest BCUT2D eigenvalue weighted by atomic mass is 16.5. The first-order chi connectivity index (χ1) is 6.83. The molecule has 14 heavy (non-hydrogen) atoms. The second kappa shape index (κ2) is 4.63. The van der Waals surface area contributed by atoms with Crippen LogP contribution in [0.25, 0.3) is 0 Å². The molecule has 2 saturated carbocycles. The first kappa shape index (κ1) is 10.4. The molecule has 82 valence electrons. The van der Waals surface area contributed by atoms with Crippen molar-refractivity contribution in [3.05, 3.63) is 0 Å². The van der Waals surface area contributed by atoms with Gasteiger partial charge in [0.2, 0.25) is 0 Å². The Morgan fingerprint density at radius 3 is 2.50 bits per heavy atom. The Balaban J connectivity index is 2.00. The summed E-state index contributed by atoms with van der Waals surface area (Å²) in [7, 11) is 0. The van der Waals surface area contributed by atoms with E-state index in [-0.39, 0.29) is 6.10 Å². The average molecular weight is 198 g/mol. The Morgan fingerprint density at radius 1 is 1.07 bits per heavy atom. The quantitative estimate of drug-likeness (QED) is 0.738. The third-order valence-electron chi connectivity index (χ3n) is 3.97. The molecular formula is C12H22O2. The lowest BCUT2D eigenvalue weighted by Crippen LogP contribution is -2.43. The molecule has 0 aliphatic heterocycles. The van der Waals surface area contributed by atoms with E-state index in [0.29, 0.717) is 17.9 Å². The van der Waals surface area contributed by atoms with Crippen molar-refractivity contribution in [3.63, 3.8) is 0 Å². The molecular weight excluding hydrogens is 176 g/mol. The van der Waals surface area contributed by atoms with Crippen molar-refractivity contribution >= 4 is 0 Å². The van der Waals surface area contributed by atoms with Crippen molar-refractivity contribution in [2.24, 2.45) is 11.8 Å². The maximum atomic E-state index is 9.93. The van der Waals surface area contributed by atoms with Crippen molar-refractivity contribution < 1.29 is 9.84 Å². The van der Waals surface area contributed by atoms with Gasteiger partial charge in [-0.15, -0.1) is 0 Å². The van der Waals surface area contributed by atoms with Crippen LogP contribution in [0.5, 0.6) is 0 Å². The minimum Gasteiger partial charge on any atom is -0.393 e. The zero-order valence-corrected chi connectivity index (χ0v) is 9.11. The number of fused-ring (bicyclic) bond motifs is 1. The number of hydrogen-bond acceptors (Lipinski definition) is 2. The Morgan fingerprint density at radius 2 is 1.79 bits per heavy atom. The van der Waals surface area contributed by atoms with E-state index in [4.69, 9.17) is 4.74 Å². The molecule has 0 radical (unpaired) electrons. The van der Waals surface area contributed by atoms with Gasteiger partial charge in [0.1, 0.15) is 0 Å². The predicted molar refractivity (Wildman–Crippen MR) is 56.1 cm³/mol. The number of hydrogen-bond donors (Lipinski definition) is 1. The van der Waals surface area contributed by atoms with Crippen LogP contribution in [-0.2, 0) is 4.74 Å². The summed E-state index contributed by atoms with van der Waals surface area (Å²) in [5, 5.41) is 9.93. The van der Waals surface area contributed by atoms with Crippen molar-refractivity contribution in [1.82, 2.24) is 0 Å². The molecule has 2 fully saturated rings. The van der Waals surface area contributed by atoms with E-state index in [1.807, 2.05) is 0 Å². The molecule has 4 atom stereocenters. The molecule has 2 aliphatic carbocycles. The van der Waals surface area contributed by atoms with Gasteiger partial charge in [-0.2, -0.15) is 0 Å². The SMILES string of the molecule is CCO[C@@H]1CC[C@H](O)[C@@H]2CCCC[C@H]21. The van der Waals surface area contributed by atoms with E-state index >= 15 is 0 Å². The first-order valence-electron chi connectivity index (χ1n) is 6.12. The van der Waals surface area contributed by atoms with Gasteiger partial charge in [0, 0.05) is 6.61 Å². The molecule has 2 nitrogen and oxygen atoms in total. The molecule has 2 rings (SSSR count). The van der Waals surface area contributed by atoms with E-state index in [1.165, 1.54) is 25.7 Å². The monoisotopic (exact) mass is 198 g/mol. The largest absolute Gasteiger partial charge is 0.393 e. The summed E-state index contributed by atoms with van der Waals surface area (Å²) >= 11 is 0. The number of aliphatic hydroxyl groups excluding tert-OH is 1. The van der Waals surface area contributed by atoms with Crippen LogP contribution < -0.4 is 0 Å². The number of aliphatic hydroxyl groups is 1. The van der Waals surface area contributed by atoms with Gasteiger partial charge in [-0.1, -0.05) is 12.8 Å². The van der Waals surface area contributed by atoms with E-state index in [0.717, 1.165) is 19.4 Å². The van der Waals surface area contributed by atoms with Crippen molar-refractivity contribution in [2.45, 2.75) is 57.7 Å². The molecule has 0 heterocycles. The summed E-state index contributed by atoms with van der Waals surface area (Å²) < 4.78 is 5.79. The van der Waals surface area contributed by atoms with Crippen LogP contribution in [0, 0.1) is 11.8 Å². The van der Waals surface area contributed by atoms with E-state index in [2.05, 4.69) is 6.92 Å². The van der Waals surface area contributed by atoms with Crippen LogP contribution in [0.1, 0.15) is 45.4 Å². The summed E-state index contributed by atoms with van der Waals surface area (Å²) in [6.07, 6.45) is 7.53. The number of ether oxygens (including phenoxy) is 1. The van der Waals surface area contributed by atoms with Crippen LogP contribution in [0.3, 0.4) is 0 Å². The highest BCUT2D eigenvalue weighted by Crippen LogP contribution is 2.41. The van der Waals surface area contributed by atoms with E-state index < -0.39 is 0 Å². The molecule has 0 aromatic rings. The van der Waals surface area contributed by atoms with Crippen LogP contribution >= 0.6 is 0 Å². The summed E-state index contributed by atoms with van der Waals surface area (Å²) in [6, 6.07) is 0. The zero-order valence-electron chi connectivity index (χ0n) is 9.11. The first-order valence-corrected chi connectivity index (χ1v) is 6.12. The van der Waals surface area contributed by atoms with Crippen molar-refractivity contribution in [3.8, 4) is 0 Å². The smallest absolute Gasteiger partial charge is 0.0607 e. The van der Waals surface area contributed by atoms with Crippen molar-refractivity contribution in [2.75, 3.05) is 6.61 Å². The van der Waals surface area contributed by atoms with Gasteiger partial charge in [-0.05, 0) is 44.4 Å². The van der Waals surface area contributed by atoms with Gasteiger partial charge in [0.05, 0.1) is 12.2 Å². The summed E-state index contributed by atoms with van der Waals surface area (Å²) in [5.41, 5.74) is 0. The Hall–Kier alpha value is -0.0800. The normalized spacial score (nSPS) is 43.3. The van der Waals surface area contributed by atoms with Gasteiger partial charge < -0.3 is 9.84 Å². The highest BCUT2D eigenvalue weighted by Gasteiger charge is 2.40. The summed E-state index contributed by atoms with van der Waals surface area (Å²) in [5.74, 6) is 1.18. The molecule has 0 saturated heterocycles. The molecule has 0 aromatic carbocycles. The fourth-order valence-corrected chi connectivity index (χ4v) is 3.31. The Labute approximate surface area is 86.6 Å².